The van der Waals surface area contributed by atoms with Gasteiger partial charge in [-0.3, -0.25) is 4.84 Å². The molecule has 0 atom stereocenters. The maximum atomic E-state index is 11.5. The van der Waals surface area contributed by atoms with E-state index in [0.29, 0.717) is 5.56 Å². The van der Waals surface area contributed by atoms with E-state index in [2.05, 4.69) is 4.84 Å². The van der Waals surface area contributed by atoms with E-state index in [9.17, 15) is 13.2 Å². The fourth-order valence-corrected chi connectivity index (χ4v) is 1.78. The Labute approximate surface area is 105 Å². The molecule has 6 nitrogen and oxygen atoms in total. The Morgan fingerprint density at radius 3 is 2.50 bits per heavy atom. The van der Waals surface area contributed by atoms with Gasteiger partial charge >= 0.3 is 6.09 Å². The zero-order chi connectivity index (χ0) is 13.6. The van der Waals surface area contributed by atoms with Gasteiger partial charge in [0.1, 0.15) is 6.61 Å². The van der Waals surface area contributed by atoms with Gasteiger partial charge in [-0.2, -0.15) is 5.48 Å². The number of hydrogen-bond acceptors (Lipinski definition) is 4. The maximum absolute atomic E-state index is 11.5. The molecule has 0 spiro atoms. The number of carboxylic acid groups (broad SMARTS) is 1. The Hall–Kier alpha value is -1.86. The van der Waals surface area contributed by atoms with Crippen molar-refractivity contribution in [3.05, 3.63) is 40.8 Å². The van der Waals surface area contributed by atoms with Crippen LogP contribution in [0.25, 0.3) is 6.08 Å². The van der Waals surface area contributed by atoms with Gasteiger partial charge < -0.3 is 5.11 Å². The smallest absolute Gasteiger partial charge is 0.428 e. The largest absolute Gasteiger partial charge is 0.464 e. The number of hydrogen-bond donors (Lipinski definition) is 2. The Morgan fingerprint density at radius 2 is 2.00 bits per heavy atom. The molecule has 0 aliphatic carbocycles. The van der Waals surface area contributed by atoms with Crippen LogP contribution in [-0.4, -0.2) is 32.5 Å². The molecular formula is C11H13NO5S. The second kappa shape index (κ2) is 6.18. The van der Waals surface area contributed by atoms with Crippen LogP contribution in [0.15, 0.2) is 35.2 Å². The Morgan fingerprint density at radius 1 is 1.39 bits per heavy atom. The van der Waals surface area contributed by atoms with Crippen molar-refractivity contribution in [3.63, 3.8) is 0 Å². The third-order valence-electron chi connectivity index (χ3n) is 1.98. The summed E-state index contributed by atoms with van der Waals surface area (Å²) in [4.78, 5) is 14.7. The van der Waals surface area contributed by atoms with Crippen LogP contribution < -0.4 is 5.48 Å². The number of amides is 1. The molecular weight excluding hydrogens is 258 g/mol. The monoisotopic (exact) mass is 271 g/mol. The van der Waals surface area contributed by atoms with Crippen LogP contribution >= 0.6 is 0 Å². The van der Waals surface area contributed by atoms with Crippen molar-refractivity contribution in [2.75, 3.05) is 12.9 Å². The summed E-state index contributed by atoms with van der Waals surface area (Å²) in [5.74, 6) is 0. The molecule has 0 saturated carbocycles. The molecule has 1 amide bonds. The summed E-state index contributed by atoms with van der Waals surface area (Å²) in [5.41, 5.74) is 2.34. The highest BCUT2D eigenvalue weighted by Gasteiger charge is 2.12. The van der Waals surface area contributed by atoms with E-state index in [1.807, 2.05) is 0 Å². The van der Waals surface area contributed by atoms with Gasteiger partial charge in [0.2, 0.25) is 0 Å². The van der Waals surface area contributed by atoms with Gasteiger partial charge in [0.15, 0.2) is 9.84 Å². The summed E-state index contributed by atoms with van der Waals surface area (Å²) in [5, 5.41) is 8.31. The molecule has 2 N–H and O–H groups in total. The first-order chi connectivity index (χ1) is 8.39. The molecule has 18 heavy (non-hydrogen) atoms. The zero-order valence-electron chi connectivity index (χ0n) is 9.66. The number of hydroxylamine groups is 1. The molecule has 98 valence electrons. The first-order valence-corrected chi connectivity index (χ1v) is 6.85. The number of rotatable bonds is 5. The summed E-state index contributed by atoms with van der Waals surface area (Å²) in [6.07, 6.45) is 1.08. The molecule has 0 fully saturated rings. The van der Waals surface area contributed by atoms with Gasteiger partial charge in [0.05, 0.1) is 4.91 Å². The molecule has 0 saturated heterocycles. The number of carbonyl (C=O) groups is 1. The zero-order valence-corrected chi connectivity index (χ0v) is 10.5. The van der Waals surface area contributed by atoms with Crippen LogP contribution in [0, 0.1) is 0 Å². The Bertz CT molecular complexity index is 536. The van der Waals surface area contributed by atoms with Crippen LogP contribution in [0.5, 0.6) is 0 Å². The molecule has 1 rings (SSSR count). The highest BCUT2D eigenvalue weighted by atomic mass is 32.2. The van der Waals surface area contributed by atoms with Gasteiger partial charge in [0, 0.05) is 6.26 Å². The second-order valence-electron chi connectivity index (χ2n) is 3.49. The lowest BCUT2D eigenvalue weighted by Crippen LogP contribution is -2.23. The molecule has 0 heterocycles. The predicted octanol–water partition coefficient (Wildman–Crippen LogP) is 1.27. The van der Waals surface area contributed by atoms with Gasteiger partial charge in [-0.05, 0) is 11.6 Å². The van der Waals surface area contributed by atoms with E-state index >= 15 is 0 Å². The van der Waals surface area contributed by atoms with Crippen LogP contribution in [0.4, 0.5) is 4.79 Å². The van der Waals surface area contributed by atoms with Crippen molar-refractivity contribution in [3.8, 4) is 0 Å². The molecule has 0 bridgehead atoms. The van der Waals surface area contributed by atoms with Crippen molar-refractivity contribution < 1.29 is 23.2 Å². The predicted molar refractivity (Wildman–Crippen MR) is 66.4 cm³/mol. The van der Waals surface area contributed by atoms with Crippen molar-refractivity contribution >= 4 is 22.0 Å². The molecule has 0 aliphatic rings. The van der Waals surface area contributed by atoms with E-state index in [0.717, 1.165) is 6.26 Å². The fraction of sp³-hybridized carbons (Fsp3) is 0.182. The average Bonchev–Trinajstić information content (AvgIpc) is 2.27. The topological polar surface area (TPSA) is 92.7 Å². The van der Waals surface area contributed by atoms with Crippen molar-refractivity contribution in [1.29, 1.82) is 0 Å². The Balaban J connectivity index is 2.86. The molecule has 0 unspecified atom stereocenters. The third-order valence-corrected chi connectivity index (χ3v) is 3.17. The number of nitrogens with one attached hydrogen (secondary N) is 1. The van der Waals surface area contributed by atoms with E-state index < -0.39 is 15.9 Å². The average molecular weight is 271 g/mol. The van der Waals surface area contributed by atoms with Crippen LogP contribution in [-0.2, 0) is 14.7 Å². The summed E-state index contributed by atoms with van der Waals surface area (Å²) >= 11 is 0. The molecule has 1 aromatic carbocycles. The SMILES string of the molecule is CS(=O)(=O)C(=Cc1ccccc1)CONC(=O)O. The molecule has 1 aromatic rings. The maximum Gasteiger partial charge on any atom is 0.428 e. The number of benzene rings is 1. The van der Waals surface area contributed by atoms with E-state index in [1.165, 1.54) is 6.08 Å². The van der Waals surface area contributed by atoms with Crippen molar-refractivity contribution in [2.24, 2.45) is 0 Å². The minimum absolute atomic E-state index is 0.0116. The van der Waals surface area contributed by atoms with Crippen LogP contribution in [0.2, 0.25) is 0 Å². The quantitative estimate of drug-likeness (QED) is 0.787. The van der Waals surface area contributed by atoms with Gasteiger partial charge in [-0.15, -0.1) is 0 Å². The van der Waals surface area contributed by atoms with Crippen LogP contribution in [0.1, 0.15) is 5.56 Å². The van der Waals surface area contributed by atoms with Crippen molar-refractivity contribution in [2.45, 2.75) is 0 Å². The van der Waals surface area contributed by atoms with Gasteiger partial charge in [-0.1, -0.05) is 30.3 Å². The Kier molecular flexibility index (Phi) is 4.87. The highest BCUT2D eigenvalue weighted by molar-refractivity contribution is 7.94. The molecule has 0 aromatic heterocycles. The lowest BCUT2D eigenvalue weighted by atomic mass is 10.2. The first-order valence-electron chi connectivity index (χ1n) is 4.96. The number of sulfone groups is 1. The summed E-state index contributed by atoms with van der Waals surface area (Å²) in [7, 11) is -3.46. The second-order valence-corrected chi connectivity index (χ2v) is 5.56. The molecule has 7 heteroatoms. The minimum Gasteiger partial charge on any atom is -0.464 e. The summed E-state index contributed by atoms with van der Waals surface area (Å²) < 4.78 is 23.0. The van der Waals surface area contributed by atoms with Crippen molar-refractivity contribution in [1.82, 2.24) is 5.48 Å². The molecule has 0 radical (unpaired) electrons. The highest BCUT2D eigenvalue weighted by Crippen LogP contribution is 2.11. The minimum atomic E-state index is -3.46. The standard InChI is InChI=1S/C11H13NO5S/c1-18(15,16)10(8-17-12-11(13)14)7-9-5-3-2-4-6-9/h2-7,12H,8H2,1H3,(H,13,14). The lowest BCUT2D eigenvalue weighted by Gasteiger charge is -2.06. The summed E-state index contributed by atoms with van der Waals surface area (Å²) in [6.45, 7) is -0.361. The normalized spacial score (nSPS) is 12.2. The lowest BCUT2D eigenvalue weighted by molar-refractivity contribution is 0.0580. The molecule has 0 aliphatic heterocycles. The van der Waals surface area contributed by atoms with Gasteiger partial charge in [0.25, 0.3) is 0 Å². The van der Waals surface area contributed by atoms with E-state index in [4.69, 9.17) is 5.11 Å². The first kappa shape index (κ1) is 14.2. The third kappa shape index (κ3) is 4.98. The fourth-order valence-electron chi connectivity index (χ4n) is 1.16. The van der Waals surface area contributed by atoms with E-state index in [-0.39, 0.29) is 11.5 Å². The van der Waals surface area contributed by atoms with E-state index in [1.54, 1.807) is 35.8 Å². The van der Waals surface area contributed by atoms with Crippen LogP contribution in [0.3, 0.4) is 0 Å². The summed E-state index contributed by atoms with van der Waals surface area (Å²) in [6, 6.07) is 8.80. The van der Waals surface area contributed by atoms with Gasteiger partial charge in [-0.25, -0.2) is 13.2 Å².